The second-order valence-corrected chi connectivity index (χ2v) is 17.7. The minimum Gasteiger partial charge on any atom is -0.375 e. The van der Waals surface area contributed by atoms with E-state index in [1.807, 2.05) is 18.2 Å². The van der Waals surface area contributed by atoms with E-state index < -0.39 is 48.6 Å². The highest BCUT2D eigenvalue weighted by atomic mass is 19.3. The number of hydrogen-bond acceptors (Lipinski definition) is 10. The van der Waals surface area contributed by atoms with Crippen molar-refractivity contribution in [1.82, 2.24) is 30.0 Å². The number of halogens is 3. The molecule has 4 aromatic rings. The largest absolute Gasteiger partial charge is 0.375 e. The number of likely N-dealkylation sites (tertiary alicyclic amines) is 1. The summed E-state index contributed by atoms with van der Waals surface area (Å²) in [5.74, 6) is -1.66. The van der Waals surface area contributed by atoms with Crippen LogP contribution in [-0.2, 0) is 19.1 Å². The Morgan fingerprint density at radius 1 is 0.787 bits per heavy atom. The first kappa shape index (κ1) is 40.2. The van der Waals surface area contributed by atoms with Gasteiger partial charge >= 0.3 is 6.55 Å². The maximum absolute atomic E-state index is 15.5. The molecule has 2 N–H and O–H groups in total. The molecule has 4 saturated heterocycles. The predicted octanol–water partition coefficient (Wildman–Crippen LogP) is 5.67. The Bertz CT molecular complexity index is 2360. The maximum Gasteiger partial charge on any atom is 0.319 e. The van der Waals surface area contributed by atoms with Crippen molar-refractivity contribution < 1.29 is 41.8 Å². The fourth-order valence-electron chi connectivity index (χ4n) is 10.5. The quantitative estimate of drug-likeness (QED) is 0.192. The minimum atomic E-state index is -2.70. The minimum absolute atomic E-state index is 0.0167. The summed E-state index contributed by atoms with van der Waals surface area (Å²) in [4.78, 5) is 60.3. The summed E-state index contributed by atoms with van der Waals surface area (Å²) < 4.78 is 57.6. The van der Waals surface area contributed by atoms with E-state index in [2.05, 4.69) is 25.4 Å². The van der Waals surface area contributed by atoms with Gasteiger partial charge in [-0.05, 0) is 99.1 Å². The van der Waals surface area contributed by atoms with Crippen molar-refractivity contribution in [2.75, 3.05) is 44.2 Å². The van der Waals surface area contributed by atoms with Crippen molar-refractivity contribution in [2.45, 2.75) is 107 Å². The van der Waals surface area contributed by atoms with Crippen LogP contribution in [0.5, 0.6) is 0 Å². The molecule has 1 saturated carbocycles. The molecule has 16 heteroatoms. The number of nitrogens with one attached hydrogen (secondary N) is 2. The maximum atomic E-state index is 15.5. The van der Waals surface area contributed by atoms with E-state index in [1.54, 1.807) is 30.5 Å². The number of benzene rings is 2. The second kappa shape index (κ2) is 16.4. The molecule has 0 spiro atoms. The smallest absolute Gasteiger partial charge is 0.319 e. The zero-order chi connectivity index (χ0) is 41.9. The summed E-state index contributed by atoms with van der Waals surface area (Å²) >= 11 is 0. The van der Waals surface area contributed by atoms with Gasteiger partial charge in [-0.2, -0.15) is 8.78 Å². The molecule has 1 aliphatic carbocycles. The second-order valence-electron chi connectivity index (χ2n) is 17.7. The number of carbonyl (C=O) groups excluding carboxylic acids is 4. The van der Waals surface area contributed by atoms with Crippen LogP contribution in [0.4, 0.5) is 18.9 Å². The molecule has 5 fully saturated rings. The number of pyridine rings is 1. The van der Waals surface area contributed by atoms with Crippen molar-refractivity contribution in [1.29, 1.82) is 0 Å². The van der Waals surface area contributed by atoms with Crippen LogP contribution < -0.4 is 15.5 Å². The first-order valence-corrected chi connectivity index (χ1v) is 21.7. The Kier molecular flexibility index (Phi) is 10.8. The molecule has 322 valence electrons. The first-order chi connectivity index (χ1) is 29.6. The average Bonchev–Trinajstić information content (AvgIpc) is 3.71. The highest BCUT2D eigenvalue weighted by molar-refractivity contribution is 6.23. The third-order valence-corrected chi connectivity index (χ3v) is 13.9. The normalized spacial score (nSPS) is 28.3. The summed E-state index contributed by atoms with van der Waals surface area (Å²) in [6, 6.07) is 11.4. The highest BCUT2D eigenvalue weighted by Crippen LogP contribution is 2.39. The van der Waals surface area contributed by atoms with Gasteiger partial charge in [-0.25, -0.2) is 4.39 Å². The molecule has 13 nitrogen and oxygen atoms in total. The summed E-state index contributed by atoms with van der Waals surface area (Å²) in [5, 5.41) is 6.88. The molecule has 6 aliphatic rings. The summed E-state index contributed by atoms with van der Waals surface area (Å²) in [5.41, 5.74) is 3.12. The van der Waals surface area contributed by atoms with Crippen LogP contribution in [-0.4, -0.2) is 119 Å². The molecule has 61 heavy (non-hydrogen) atoms. The standard InChI is InChI=1S/C45H50F3N7O6/c46-36-19-27(26-1-3-32-35-23-49-12-7-37(35)54(45(47)48)39(32)20-26)22-50-42(36)61-31-17-25(18-31)24-52-13-8-29(9-14-52)60-30-10-15-53(16-11-30)28-2-4-33-34(21-28)44(59)55(43(33)58)38-5-6-40(56)51-41(38)57/h1-4,7,12,20-21,23,25,27,29-31,36,38,42,45,50H,5-6,8-11,13-19,22,24H2,(H,51,56,57)/t25-,27?,31-,36?,38?,42?. The van der Waals surface area contributed by atoms with Gasteiger partial charge in [0.15, 0.2) is 0 Å². The Morgan fingerprint density at radius 3 is 2.28 bits per heavy atom. The zero-order valence-electron chi connectivity index (χ0n) is 33.8. The summed E-state index contributed by atoms with van der Waals surface area (Å²) in [7, 11) is 0. The molecule has 5 aliphatic heterocycles. The summed E-state index contributed by atoms with van der Waals surface area (Å²) in [6.45, 7) is 2.27. The van der Waals surface area contributed by atoms with Crippen molar-refractivity contribution >= 4 is 51.1 Å². The van der Waals surface area contributed by atoms with Crippen LogP contribution in [0.25, 0.3) is 21.8 Å². The SMILES string of the molecule is O=C1CCC(N2C(=O)c3ccc(N4CCC(OC5CCN(C[C@H]6C[C@H](OC7NCC(c8ccc9c%10cnccc%10n(C(F)F)c9c8)CC7F)C6)CC5)CC4)cc3C2=O)C(=O)N1. The molecule has 10 rings (SSSR count). The van der Waals surface area contributed by atoms with Gasteiger partial charge in [-0.15, -0.1) is 0 Å². The Hall–Kier alpha value is -4.90. The number of piperidine rings is 4. The van der Waals surface area contributed by atoms with Crippen molar-refractivity contribution in [3.63, 3.8) is 0 Å². The predicted molar refractivity (Wildman–Crippen MR) is 219 cm³/mol. The fraction of sp³-hybridized carbons (Fsp3) is 0.533. The molecular formula is C45H50F3N7O6. The van der Waals surface area contributed by atoms with Crippen LogP contribution in [0.2, 0.25) is 0 Å². The zero-order valence-corrected chi connectivity index (χ0v) is 33.8. The number of rotatable bonds is 10. The number of anilines is 1. The number of ether oxygens (including phenoxy) is 2. The van der Waals surface area contributed by atoms with Crippen LogP contribution in [0, 0.1) is 5.92 Å². The van der Waals surface area contributed by atoms with Gasteiger partial charge in [-0.1, -0.05) is 12.1 Å². The highest BCUT2D eigenvalue weighted by Gasteiger charge is 2.45. The van der Waals surface area contributed by atoms with E-state index in [0.29, 0.717) is 39.8 Å². The Labute approximate surface area is 350 Å². The number of fused-ring (bicyclic) bond motifs is 4. The molecule has 0 radical (unpaired) electrons. The van der Waals surface area contributed by atoms with E-state index in [1.165, 1.54) is 6.20 Å². The van der Waals surface area contributed by atoms with Gasteiger partial charge in [0.2, 0.25) is 11.8 Å². The van der Waals surface area contributed by atoms with Gasteiger partial charge in [0, 0.05) is 74.5 Å². The van der Waals surface area contributed by atoms with Crippen LogP contribution in [0.15, 0.2) is 54.9 Å². The van der Waals surface area contributed by atoms with Crippen LogP contribution in [0.1, 0.15) is 96.5 Å². The van der Waals surface area contributed by atoms with Gasteiger partial charge in [0.05, 0.1) is 40.5 Å². The Morgan fingerprint density at radius 2 is 1.54 bits per heavy atom. The lowest BCUT2D eigenvalue weighted by molar-refractivity contribution is -0.136. The van der Waals surface area contributed by atoms with Gasteiger partial charge in [0.25, 0.3) is 11.8 Å². The van der Waals surface area contributed by atoms with E-state index in [9.17, 15) is 28.0 Å². The molecule has 7 heterocycles. The number of nitrogens with zero attached hydrogens (tertiary/aromatic N) is 5. The number of aromatic nitrogens is 2. The Balaban J connectivity index is 0.637. The summed E-state index contributed by atoms with van der Waals surface area (Å²) in [6.07, 6.45) is 7.56. The first-order valence-electron chi connectivity index (χ1n) is 21.7. The number of amides is 4. The molecule has 2 aromatic heterocycles. The molecular weight excluding hydrogens is 792 g/mol. The van der Waals surface area contributed by atoms with E-state index in [-0.39, 0.29) is 49.1 Å². The molecule has 4 atom stereocenters. The lowest BCUT2D eigenvalue weighted by atomic mass is 9.81. The molecule has 4 amide bonds. The number of imide groups is 2. The van der Waals surface area contributed by atoms with Crippen LogP contribution in [0.3, 0.4) is 0 Å². The van der Waals surface area contributed by atoms with Crippen molar-refractivity contribution in [2.24, 2.45) is 5.92 Å². The topological polar surface area (TPSA) is 138 Å². The van der Waals surface area contributed by atoms with Crippen molar-refractivity contribution in [3.8, 4) is 0 Å². The van der Waals surface area contributed by atoms with Gasteiger partial charge in [-0.3, -0.25) is 44.3 Å². The molecule has 0 bridgehead atoms. The average molecular weight is 842 g/mol. The van der Waals surface area contributed by atoms with Crippen LogP contribution >= 0.6 is 0 Å². The van der Waals surface area contributed by atoms with Crippen molar-refractivity contribution in [3.05, 3.63) is 71.5 Å². The number of hydrogen-bond donors (Lipinski definition) is 2. The van der Waals surface area contributed by atoms with Gasteiger partial charge in [0.1, 0.15) is 18.4 Å². The monoisotopic (exact) mass is 841 g/mol. The number of carbonyl (C=O) groups is 4. The molecule has 4 unspecified atom stereocenters. The third kappa shape index (κ3) is 7.69. The lowest BCUT2D eigenvalue weighted by Crippen LogP contribution is -2.54. The van der Waals surface area contributed by atoms with E-state index in [4.69, 9.17) is 9.47 Å². The third-order valence-electron chi connectivity index (χ3n) is 13.9. The van der Waals surface area contributed by atoms with Gasteiger partial charge < -0.3 is 19.3 Å². The lowest BCUT2D eigenvalue weighted by Gasteiger charge is -2.43. The van der Waals surface area contributed by atoms with E-state index >= 15 is 4.39 Å². The van der Waals surface area contributed by atoms with E-state index in [0.717, 1.165) is 92.0 Å². The fourth-order valence-corrected chi connectivity index (χ4v) is 10.5. The molecule has 2 aromatic carbocycles. The number of alkyl halides is 3.